The van der Waals surface area contributed by atoms with Crippen LogP contribution in [-0.2, 0) is 12.0 Å². The van der Waals surface area contributed by atoms with E-state index in [1.54, 1.807) is 7.11 Å². The van der Waals surface area contributed by atoms with Gasteiger partial charge in [-0.1, -0.05) is 20.8 Å². The number of methoxy groups -OCH3 is 1. The minimum atomic E-state index is 0.140. The third kappa shape index (κ3) is 3.93. The molecule has 3 heterocycles. The van der Waals surface area contributed by atoms with E-state index >= 15 is 0 Å². The van der Waals surface area contributed by atoms with Crippen molar-refractivity contribution in [3.63, 3.8) is 0 Å². The van der Waals surface area contributed by atoms with E-state index in [0.717, 1.165) is 38.2 Å². The molecule has 0 unspecified atom stereocenters. The van der Waals surface area contributed by atoms with Gasteiger partial charge in [0.1, 0.15) is 0 Å². The van der Waals surface area contributed by atoms with Crippen LogP contribution in [0, 0.1) is 0 Å². The predicted molar refractivity (Wildman–Crippen MR) is 91.1 cm³/mol. The molecule has 1 aliphatic rings. The summed E-state index contributed by atoms with van der Waals surface area (Å²) < 4.78 is 10.3. The van der Waals surface area contributed by atoms with Crippen molar-refractivity contribution in [1.82, 2.24) is 15.0 Å². The lowest BCUT2D eigenvalue weighted by molar-refractivity contribution is 0.183. The van der Waals surface area contributed by atoms with Crippen LogP contribution in [0.15, 0.2) is 16.0 Å². The van der Waals surface area contributed by atoms with Crippen LogP contribution in [0.25, 0.3) is 0 Å². The molecule has 1 aliphatic heterocycles. The van der Waals surface area contributed by atoms with Crippen LogP contribution in [0.5, 0.6) is 5.88 Å². The second-order valence-electron chi connectivity index (χ2n) is 7.21. The van der Waals surface area contributed by atoms with Crippen molar-refractivity contribution >= 4 is 11.3 Å². The molecular formula is C17H25N3O2S. The van der Waals surface area contributed by atoms with Crippen LogP contribution < -0.4 is 4.74 Å². The first-order chi connectivity index (χ1) is 11.0. The van der Waals surface area contributed by atoms with Gasteiger partial charge >= 0.3 is 0 Å². The second-order valence-corrected chi connectivity index (χ2v) is 8.10. The van der Waals surface area contributed by atoms with Gasteiger partial charge in [-0.3, -0.25) is 4.90 Å². The second kappa shape index (κ2) is 6.61. The quantitative estimate of drug-likeness (QED) is 0.850. The molecule has 0 spiro atoms. The van der Waals surface area contributed by atoms with Crippen molar-refractivity contribution in [1.29, 1.82) is 0 Å². The fourth-order valence-corrected chi connectivity index (χ4v) is 4.06. The third-order valence-electron chi connectivity index (χ3n) is 4.35. The maximum absolute atomic E-state index is 5.28. The van der Waals surface area contributed by atoms with Gasteiger partial charge in [0, 0.05) is 22.8 Å². The van der Waals surface area contributed by atoms with Crippen molar-refractivity contribution in [2.45, 2.75) is 51.5 Å². The maximum atomic E-state index is 5.28. The first-order valence-corrected chi connectivity index (χ1v) is 9.01. The molecule has 0 N–H and O–H groups in total. The molecular weight excluding hydrogens is 310 g/mol. The van der Waals surface area contributed by atoms with Gasteiger partial charge in [-0.05, 0) is 31.1 Å². The maximum Gasteiger partial charge on any atom is 0.254 e. The number of piperidine rings is 1. The number of nitrogens with zero attached hydrogens (tertiary/aromatic N) is 3. The Labute approximate surface area is 141 Å². The van der Waals surface area contributed by atoms with Gasteiger partial charge in [0.2, 0.25) is 0 Å². The van der Waals surface area contributed by atoms with Gasteiger partial charge < -0.3 is 9.26 Å². The minimum Gasteiger partial charge on any atom is -0.479 e. The van der Waals surface area contributed by atoms with Crippen molar-refractivity contribution in [2.75, 3.05) is 20.2 Å². The van der Waals surface area contributed by atoms with E-state index in [9.17, 15) is 0 Å². The van der Waals surface area contributed by atoms with Crippen LogP contribution in [0.4, 0.5) is 0 Å². The SMILES string of the molecule is COc1cc(CN2CCC(c3nc(C(C)(C)C)cs3)CC2)on1. The van der Waals surface area contributed by atoms with Gasteiger partial charge in [0.15, 0.2) is 5.76 Å². The van der Waals surface area contributed by atoms with E-state index in [4.69, 9.17) is 14.2 Å². The van der Waals surface area contributed by atoms with Crippen LogP contribution in [0.2, 0.25) is 0 Å². The first-order valence-electron chi connectivity index (χ1n) is 8.13. The van der Waals surface area contributed by atoms with Gasteiger partial charge in [0.05, 0.1) is 24.4 Å². The number of hydrogen-bond donors (Lipinski definition) is 0. The smallest absolute Gasteiger partial charge is 0.254 e. The number of rotatable bonds is 4. The van der Waals surface area contributed by atoms with Crippen LogP contribution in [0.1, 0.15) is 56.0 Å². The highest BCUT2D eigenvalue weighted by Gasteiger charge is 2.25. The number of likely N-dealkylation sites (tertiary alicyclic amines) is 1. The first kappa shape index (κ1) is 16.5. The monoisotopic (exact) mass is 335 g/mol. The van der Waals surface area contributed by atoms with Crippen molar-refractivity contribution in [2.24, 2.45) is 0 Å². The summed E-state index contributed by atoms with van der Waals surface area (Å²) in [4.78, 5) is 7.30. The summed E-state index contributed by atoms with van der Waals surface area (Å²) >= 11 is 1.82. The van der Waals surface area contributed by atoms with E-state index in [-0.39, 0.29) is 5.41 Å². The highest BCUT2D eigenvalue weighted by molar-refractivity contribution is 7.09. The van der Waals surface area contributed by atoms with Crippen LogP contribution in [-0.4, -0.2) is 35.2 Å². The molecule has 126 valence electrons. The van der Waals surface area contributed by atoms with Gasteiger partial charge in [-0.2, -0.15) is 0 Å². The lowest BCUT2D eigenvalue weighted by atomic mass is 9.93. The molecule has 0 aromatic carbocycles. The summed E-state index contributed by atoms with van der Waals surface area (Å²) in [6.45, 7) is 9.60. The molecule has 0 atom stereocenters. The van der Waals surface area contributed by atoms with Crippen molar-refractivity contribution in [3.8, 4) is 5.88 Å². The summed E-state index contributed by atoms with van der Waals surface area (Å²) in [6.07, 6.45) is 2.31. The Morgan fingerprint density at radius 2 is 2.09 bits per heavy atom. The zero-order valence-corrected chi connectivity index (χ0v) is 15.2. The average molecular weight is 335 g/mol. The summed E-state index contributed by atoms with van der Waals surface area (Å²) in [7, 11) is 1.60. The Balaban J connectivity index is 1.55. The Kier molecular flexibility index (Phi) is 4.73. The third-order valence-corrected chi connectivity index (χ3v) is 5.36. The highest BCUT2D eigenvalue weighted by Crippen LogP contribution is 2.33. The number of ether oxygens (including phenoxy) is 1. The Morgan fingerprint density at radius 3 is 2.65 bits per heavy atom. The Morgan fingerprint density at radius 1 is 1.35 bits per heavy atom. The largest absolute Gasteiger partial charge is 0.479 e. The van der Waals surface area contributed by atoms with E-state index in [1.165, 1.54) is 10.7 Å². The standard InChI is InChI=1S/C17H25N3O2S/c1-17(2,3)14-11-23-16(18-14)12-5-7-20(8-6-12)10-13-9-15(21-4)19-22-13/h9,11-12H,5-8,10H2,1-4H3. The zero-order valence-electron chi connectivity index (χ0n) is 14.3. The van der Waals surface area contributed by atoms with E-state index in [2.05, 4.69) is 36.2 Å². The topological polar surface area (TPSA) is 51.4 Å². The summed E-state index contributed by atoms with van der Waals surface area (Å²) in [6, 6.07) is 1.86. The van der Waals surface area contributed by atoms with Gasteiger partial charge in [0.25, 0.3) is 5.88 Å². The fraction of sp³-hybridized carbons (Fsp3) is 0.647. The van der Waals surface area contributed by atoms with E-state index in [1.807, 2.05) is 17.4 Å². The molecule has 2 aromatic heterocycles. The zero-order chi connectivity index (χ0) is 16.4. The summed E-state index contributed by atoms with van der Waals surface area (Å²) in [5.41, 5.74) is 1.36. The number of hydrogen-bond acceptors (Lipinski definition) is 6. The molecule has 1 fully saturated rings. The number of thiazole rings is 1. The molecule has 0 aliphatic carbocycles. The molecule has 5 nitrogen and oxygen atoms in total. The van der Waals surface area contributed by atoms with E-state index < -0.39 is 0 Å². The molecule has 0 radical (unpaired) electrons. The lowest BCUT2D eigenvalue weighted by Crippen LogP contribution is -2.32. The van der Waals surface area contributed by atoms with E-state index in [0.29, 0.717) is 11.8 Å². The molecule has 2 aromatic rings. The lowest BCUT2D eigenvalue weighted by Gasteiger charge is -2.30. The normalized spacial score (nSPS) is 17.6. The van der Waals surface area contributed by atoms with Gasteiger partial charge in [-0.15, -0.1) is 11.3 Å². The molecule has 0 saturated carbocycles. The average Bonchev–Trinajstić information content (AvgIpc) is 3.16. The molecule has 23 heavy (non-hydrogen) atoms. The molecule has 0 bridgehead atoms. The van der Waals surface area contributed by atoms with Crippen LogP contribution >= 0.6 is 11.3 Å². The van der Waals surface area contributed by atoms with Crippen LogP contribution in [0.3, 0.4) is 0 Å². The molecule has 6 heteroatoms. The van der Waals surface area contributed by atoms with Crippen molar-refractivity contribution in [3.05, 3.63) is 27.9 Å². The Hall–Kier alpha value is -1.40. The predicted octanol–water partition coefficient (Wildman–Crippen LogP) is 3.82. The van der Waals surface area contributed by atoms with Crippen molar-refractivity contribution < 1.29 is 9.26 Å². The fourth-order valence-electron chi connectivity index (χ4n) is 2.84. The van der Waals surface area contributed by atoms with Gasteiger partial charge in [-0.25, -0.2) is 4.98 Å². The minimum absolute atomic E-state index is 0.140. The molecule has 3 rings (SSSR count). The molecule has 0 amide bonds. The number of aromatic nitrogens is 2. The summed E-state index contributed by atoms with van der Waals surface area (Å²) in [5, 5.41) is 7.38. The highest BCUT2D eigenvalue weighted by atomic mass is 32.1. The molecule has 1 saturated heterocycles. The Bertz CT molecular complexity index is 636. The summed E-state index contributed by atoms with van der Waals surface area (Å²) in [5.74, 6) is 2.01.